The van der Waals surface area contributed by atoms with E-state index in [0.29, 0.717) is 23.9 Å². The standard InChI is InChI=1S/C13H10FN3O5S2/c1-8-15-10(7-23-8)2-3-13(18)16-24(21,22)12-5-9(14)4-11(6-12)17(19)20/h2-7H,1H3,(H,16,18). The number of nitro benzene ring substituents is 1. The average Bonchev–Trinajstić information content (AvgIpc) is 2.89. The van der Waals surface area contributed by atoms with Gasteiger partial charge in [0.2, 0.25) is 0 Å². The van der Waals surface area contributed by atoms with Crippen molar-refractivity contribution in [3.8, 4) is 0 Å². The maximum Gasteiger partial charge on any atom is 0.273 e. The topological polar surface area (TPSA) is 119 Å². The Morgan fingerprint density at radius 3 is 2.71 bits per heavy atom. The third-order valence-electron chi connectivity index (χ3n) is 2.65. The Bertz CT molecular complexity index is 937. The van der Waals surface area contributed by atoms with E-state index in [2.05, 4.69) is 4.98 Å². The number of halogens is 1. The van der Waals surface area contributed by atoms with Crippen molar-refractivity contribution in [2.75, 3.05) is 0 Å². The fourth-order valence-electron chi connectivity index (χ4n) is 1.65. The van der Waals surface area contributed by atoms with Crippen LogP contribution in [0.1, 0.15) is 10.7 Å². The molecule has 0 fully saturated rings. The van der Waals surface area contributed by atoms with E-state index in [0.717, 1.165) is 11.1 Å². The molecule has 2 aromatic rings. The molecule has 0 spiro atoms. The summed E-state index contributed by atoms with van der Waals surface area (Å²) in [4.78, 5) is 24.7. The van der Waals surface area contributed by atoms with Gasteiger partial charge < -0.3 is 0 Å². The van der Waals surface area contributed by atoms with Gasteiger partial charge in [-0.25, -0.2) is 22.5 Å². The lowest BCUT2D eigenvalue weighted by Crippen LogP contribution is -2.29. The predicted octanol–water partition coefficient (Wildman–Crippen LogP) is 2.02. The lowest BCUT2D eigenvalue weighted by molar-refractivity contribution is -0.385. The Kier molecular flexibility index (Phi) is 5.04. The van der Waals surface area contributed by atoms with Gasteiger partial charge in [0.05, 0.1) is 26.6 Å². The molecule has 2 rings (SSSR count). The molecule has 1 N–H and O–H groups in total. The van der Waals surface area contributed by atoms with E-state index in [-0.39, 0.29) is 0 Å². The van der Waals surface area contributed by atoms with E-state index < -0.39 is 37.3 Å². The Labute approximate surface area is 139 Å². The summed E-state index contributed by atoms with van der Waals surface area (Å²) in [5, 5.41) is 13.1. The Hall–Kier alpha value is -2.66. The summed E-state index contributed by atoms with van der Waals surface area (Å²) in [5.74, 6) is -2.10. The van der Waals surface area contributed by atoms with E-state index in [1.165, 1.54) is 17.4 Å². The highest BCUT2D eigenvalue weighted by Crippen LogP contribution is 2.20. The van der Waals surface area contributed by atoms with Gasteiger partial charge in [0.25, 0.3) is 21.6 Å². The van der Waals surface area contributed by atoms with Gasteiger partial charge in [-0.3, -0.25) is 14.9 Å². The highest BCUT2D eigenvalue weighted by molar-refractivity contribution is 7.90. The summed E-state index contributed by atoms with van der Waals surface area (Å²) >= 11 is 1.35. The Morgan fingerprint density at radius 1 is 1.42 bits per heavy atom. The predicted molar refractivity (Wildman–Crippen MR) is 84.3 cm³/mol. The monoisotopic (exact) mass is 371 g/mol. The molecule has 0 saturated carbocycles. The number of rotatable bonds is 5. The van der Waals surface area contributed by atoms with Crippen LogP contribution in [0, 0.1) is 22.9 Å². The molecule has 0 aliphatic heterocycles. The van der Waals surface area contributed by atoms with Crippen LogP contribution >= 0.6 is 11.3 Å². The highest BCUT2D eigenvalue weighted by Gasteiger charge is 2.21. The normalized spacial score (nSPS) is 11.6. The van der Waals surface area contributed by atoms with Crippen LogP contribution in [0.5, 0.6) is 0 Å². The smallest absolute Gasteiger partial charge is 0.269 e. The third kappa shape index (κ3) is 4.43. The zero-order chi connectivity index (χ0) is 17.9. The van der Waals surface area contributed by atoms with Gasteiger partial charge in [-0.15, -0.1) is 11.3 Å². The van der Waals surface area contributed by atoms with Crippen LogP contribution in [0.25, 0.3) is 6.08 Å². The summed E-state index contributed by atoms with van der Waals surface area (Å²) < 4.78 is 39.0. The average molecular weight is 371 g/mol. The molecular formula is C13H10FN3O5S2. The Balaban J connectivity index is 2.20. The number of nitrogens with one attached hydrogen (secondary N) is 1. The number of hydrogen-bond acceptors (Lipinski definition) is 7. The third-order valence-corrected chi connectivity index (χ3v) is 4.77. The van der Waals surface area contributed by atoms with Crippen LogP contribution in [-0.4, -0.2) is 24.2 Å². The fraction of sp³-hybridized carbons (Fsp3) is 0.0769. The van der Waals surface area contributed by atoms with Crippen LogP contribution in [-0.2, 0) is 14.8 Å². The number of amides is 1. The van der Waals surface area contributed by atoms with Crippen LogP contribution in [0.3, 0.4) is 0 Å². The number of carbonyl (C=O) groups is 1. The van der Waals surface area contributed by atoms with Crippen molar-refractivity contribution < 1.29 is 22.5 Å². The highest BCUT2D eigenvalue weighted by atomic mass is 32.2. The number of hydrogen-bond donors (Lipinski definition) is 1. The summed E-state index contributed by atoms with van der Waals surface area (Å²) in [6.45, 7) is 1.77. The minimum Gasteiger partial charge on any atom is -0.269 e. The molecule has 0 saturated heterocycles. The summed E-state index contributed by atoms with van der Waals surface area (Å²) in [7, 11) is -4.45. The van der Waals surface area contributed by atoms with Crippen molar-refractivity contribution in [3.05, 3.63) is 56.3 Å². The van der Waals surface area contributed by atoms with E-state index in [9.17, 15) is 27.7 Å². The summed E-state index contributed by atoms with van der Waals surface area (Å²) in [5.41, 5.74) is -0.261. The van der Waals surface area contributed by atoms with Gasteiger partial charge in [-0.1, -0.05) is 0 Å². The molecule has 1 amide bonds. The minimum absolute atomic E-state index is 0.478. The summed E-state index contributed by atoms with van der Waals surface area (Å²) in [6, 6.07) is 1.81. The molecular weight excluding hydrogens is 361 g/mol. The number of aryl methyl sites for hydroxylation is 1. The molecule has 0 aliphatic carbocycles. The SMILES string of the molecule is Cc1nc(C=CC(=O)NS(=O)(=O)c2cc(F)cc([N+](=O)[O-])c2)cs1. The number of aromatic nitrogens is 1. The van der Waals surface area contributed by atoms with Crippen LogP contribution in [0.15, 0.2) is 34.6 Å². The van der Waals surface area contributed by atoms with E-state index >= 15 is 0 Å². The van der Waals surface area contributed by atoms with Crippen molar-refractivity contribution in [3.63, 3.8) is 0 Å². The molecule has 0 bridgehead atoms. The minimum atomic E-state index is -4.45. The van der Waals surface area contributed by atoms with Gasteiger partial charge in [-0.2, -0.15) is 0 Å². The second kappa shape index (κ2) is 6.84. The largest absolute Gasteiger partial charge is 0.273 e. The molecule has 0 radical (unpaired) electrons. The second-order valence-electron chi connectivity index (χ2n) is 4.50. The second-order valence-corrected chi connectivity index (χ2v) is 7.24. The molecule has 11 heteroatoms. The summed E-state index contributed by atoms with van der Waals surface area (Å²) in [6.07, 6.45) is 2.25. The fourth-order valence-corrected chi connectivity index (χ4v) is 3.23. The van der Waals surface area contributed by atoms with Crippen molar-refractivity contribution in [2.24, 2.45) is 0 Å². The lowest BCUT2D eigenvalue weighted by Gasteiger charge is -2.05. The quantitative estimate of drug-likeness (QED) is 0.488. The molecule has 8 nitrogen and oxygen atoms in total. The first-order chi connectivity index (χ1) is 11.2. The molecule has 0 aliphatic rings. The molecule has 1 aromatic carbocycles. The van der Waals surface area contributed by atoms with Gasteiger partial charge in [0, 0.05) is 17.5 Å². The van der Waals surface area contributed by atoms with Crippen molar-refractivity contribution >= 4 is 39.0 Å². The van der Waals surface area contributed by atoms with Crippen molar-refractivity contribution in [1.82, 2.24) is 9.71 Å². The molecule has 24 heavy (non-hydrogen) atoms. The van der Waals surface area contributed by atoms with Crippen molar-refractivity contribution in [1.29, 1.82) is 0 Å². The van der Waals surface area contributed by atoms with Gasteiger partial charge in [-0.05, 0) is 19.1 Å². The first kappa shape index (κ1) is 17.7. The number of benzene rings is 1. The molecule has 1 aromatic heterocycles. The molecule has 1 heterocycles. The number of carbonyl (C=O) groups excluding carboxylic acids is 1. The number of nitrogens with zero attached hydrogens (tertiary/aromatic N) is 2. The number of nitro groups is 1. The maximum atomic E-state index is 13.3. The zero-order valence-corrected chi connectivity index (χ0v) is 13.7. The number of non-ortho nitro benzene ring substituents is 1. The Morgan fingerprint density at radius 2 is 2.12 bits per heavy atom. The maximum absolute atomic E-state index is 13.3. The van der Waals surface area contributed by atoms with Gasteiger partial charge in [0.15, 0.2) is 0 Å². The zero-order valence-electron chi connectivity index (χ0n) is 12.1. The molecule has 126 valence electrons. The van der Waals surface area contributed by atoms with E-state index in [1.54, 1.807) is 17.0 Å². The van der Waals surface area contributed by atoms with Crippen LogP contribution < -0.4 is 4.72 Å². The first-order valence-corrected chi connectivity index (χ1v) is 8.65. The molecule has 0 atom stereocenters. The van der Waals surface area contributed by atoms with Crippen molar-refractivity contribution in [2.45, 2.75) is 11.8 Å². The molecule has 0 unspecified atom stereocenters. The number of sulfonamides is 1. The van der Waals surface area contributed by atoms with Crippen LogP contribution in [0.2, 0.25) is 0 Å². The van der Waals surface area contributed by atoms with Crippen LogP contribution in [0.4, 0.5) is 10.1 Å². The lowest BCUT2D eigenvalue weighted by atomic mass is 10.3. The first-order valence-electron chi connectivity index (χ1n) is 6.29. The van der Waals surface area contributed by atoms with Gasteiger partial charge >= 0.3 is 0 Å². The van der Waals surface area contributed by atoms with E-state index in [1.807, 2.05) is 0 Å². The van der Waals surface area contributed by atoms with Gasteiger partial charge in [0.1, 0.15) is 5.82 Å². The number of thiazole rings is 1. The van der Waals surface area contributed by atoms with E-state index in [4.69, 9.17) is 0 Å².